The van der Waals surface area contributed by atoms with Gasteiger partial charge in [-0.15, -0.1) is 0 Å². The molecule has 1 heterocycles. The van der Waals surface area contributed by atoms with Gasteiger partial charge in [0.25, 0.3) is 0 Å². The molecule has 1 aromatic heterocycles. The summed E-state index contributed by atoms with van der Waals surface area (Å²) in [6.45, 7) is 2.22. The van der Waals surface area contributed by atoms with Gasteiger partial charge in [-0.05, 0) is 85.0 Å². The topological polar surface area (TPSA) is 63.7 Å². The van der Waals surface area contributed by atoms with Crippen molar-refractivity contribution in [2.45, 2.75) is 43.9 Å². The molecule has 0 bridgehead atoms. The second kappa shape index (κ2) is 11.1. The van der Waals surface area contributed by atoms with Gasteiger partial charge in [-0.1, -0.05) is 18.2 Å². The first kappa shape index (κ1) is 24.3. The second-order valence-corrected chi connectivity index (χ2v) is 9.78. The van der Waals surface area contributed by atoms with Gasteiger partial charge in [0.1, 0.15) is 0 Å². The van der Waals surface area contributed by atoms with Crippen LogP contribution in [0.4, 0.5) is 17.1 Å². The number of carbonyl (C=O) groups excluding carboxylic acids is 1. The number of hydrogen-bond acceptors (Lipinski definition) is 6. The van der Waals surface area contributed by atoms with Crippen LogP contribution in [0.2, 0.25) is 0 Å². The lowest BCUT2D eigenvalue weighted by Crippen LogP contribution is -2.23. The number of benzene rings is 2. The predicted octanol–water partition coefficient (Wildman–Crippen LogP) is 6.06. The molecular weight excluding hydrogens is 450 g/mol. The van der Waals surface area contributed by atoms with Crippen LogP contribution in [0.15, 0.2) is 60.9 Å². The Hall–Kier alpha value is -3.38. The Balaban J connectivity index is 1.35. The zero-order valence-corrected chi connectivity index (χ0v) is 21.2. The molecular formula is C30H35N3O3. The van der Waals surface area contributed by atoms with E-state index in [2.05, 4.69) is 57.7 Å². The Morgan fingerprint density at radius 3 is 2.61 bits per heavy atom. The Bertz CT molecular complexity index is 1190. The molecule has 36 heavy (non-hydrogen) atoms. The van der Waals surface area contributed by atoms with Gasteiger partial charge in [0, 0.05) is 43.7 Å². The molecule has 1 atom stereocenters. The van der Waals surface area contributed by atoms with E-state index in [0.717, 1.165) is 38.3 Å². The third-order valence-corrected chi connectivity index (χ3v) is 7.41. The van der Waals surface area contributed by atoms with Gasteiger partial charge in [-0.3, -0.25) is 4.98 Å². The molecule has 5 rings (SSSR count). The summed E-state index contributed by atoms with van der Waals surface area (Å²) >= 11 is 0. The molecule has 2 aliphatic carbocycles. The molecule has 0 aliphatic heterocycles. The number of nitrogens with one attached hydrogen (secondary N) is 1. The van der Waals surface area contributed by atoms with Crippen LogP contribution in [-0.4, -0.2) is 44.9 Å². The van der Waals surface area contributed by atoms with E-state index in [9.17, 15) is 4.79 Å². The van der Waals surface area contributed by atoms with Crippen molar-refractivity contribution in [3.63, 3.8) is 0 Å². The largest absolute Gasteiger partial charge is 0.465 e. The molecule has 0 saturated heterocycles. The van der Waals surface area contributed by atoms with Crippen molar-refractivity contribution in [1.82, 2.24) is 4.98 Å². The summed E-state index contributed by atoms with van der Waals surface area (Å²) in [6.07, 6.45) is 9.29. The number of pyridine rings is 1. The highest BCUT2D eigenvalue weighted by atomic mass is 16.5. The normalized spacial score (nSPS) is 16.8. The van der Waals surface area contributed by atoms with E-state index >= 15 is 0 Å². The van der Waals surface area contributed by atoms with Crippen molar-refractivity contribution < 1.29 is 14.3 Å². The number of fused-ring (bicyclic) bond motifs is 1. The van der Waals surface area contributed by atoms with Crippen molar-refractivity contribution in [3.8, 4) is 0 Å². The summed E-state index contributed by atoms with van der Waals surface area (Å²) in [6, 6.07) is 17.7. The summed E-state index contributed by atoms with van der Waals surface area (Å²) in [5.41, 5.74) is 7.89. The number of carbonyl (C=O) groups is 1. The van der Waals surface area contributed by atoms with Crippen LogP contribution < -0.4 is 10.2 Å². The van der Waals surface area contributed by atoms with E-state index in [1.165, 1.54) is 48.0 Å². The molecule has 0 amide bonds. The van der Waals surface area contributed by atoms with Gasteiger partial charge in [-0.25, -0.2) is 4.79 Å². The first-order valence-corrected chi connectivity index (χ1v) is 12.9. The fraction of sp³-hybridized carbons (Fsp3) is 0.400. The molecule has 1 fully saturated rings. The van der Waals surface area contributed by atoms with Crippen molar-refractivity contribution in [1.29, 1.82) is 0 Å². The van der Waals surface area contributed by atoms with Gasteiger partial charge in [0.05, 0.1) is 31.2 Å². The minimum absolute atomic E-state index is 0.352. The quantitative estimate of drug-likeness (QED) is 0.352. The molecule has 6 nitrogen and oxygen atoms in total. The molecule has 0 radical (unpaired) electrons. The lowest BCUT2D eigenvalue weighted by atomic mass is 9.82. The highest BCUT2D eigenvalue weighted by Gasteiger charge is 2.24. The van der Waals surface area contributed by atoms with Gasteiger partial charge in [0.2, 0.25) is 0 Å². The number of aromatic nitrogens is 1. The van der Waals surface area contributed by atoms with Crippen LogP contribution in [0.1, 0.15) is 64.6 Å². The smallest absolute Gasteiger partial charge is 0.340 e. The molecule has 2 aliphatic rings. The summed E-state index contributed by atoms with van der Waals surface area (Å²) < 4.78 is 10.4. The van der Waals surface area contributed by atoms with E-state index in [4.69, 9.17) is 9.47 Å². The third-order valence-electron chi connectivity index (χ3n) is 7.41. The lowest BCUT2D eigenvalue weighted by Gasteiger charge is -2.30. The molecule has 3 aromatic rings. The number of aryl methyl sites for hydroxylation is 1. The number of nitrogens with zero attached hydrogens (tertiary/aromatic N) is 2. The zero-order chi connectivity index (χ0) is 24.9. The van der Waals surface area contributed by atoms with E-state index in [1.54, 1.807) is 25.6 Å². The maximum atomic E-state index is 12.1. The molecule has 1 saturated carbocycles. The summed E-state index contributed by atoms with van der Waals surface area (Å²) in [5.74, 6) is 0.782. The minimum atomic E-state index is -0.352. The molecule has 188 valence electrons. The van der Waals surface area contributed by atoms with Gasteiger partial charge >= 0.3 is 5.97 Å². The van der Waals surface area contributed by atoms with Crippen molar-refractivity contribution in [2.24, 2.45) is 0 Å². The Morgan fingerprint density at radius 2 is 1.86 bits per heavy atom. The Kier molecular flexibility index (Phi) is 7.52. The maximum Gasteiger partial charge on any atom is 0.340 e. The molecule has 0 spiro atoms. The van der Waals surface area contributed by atoms with Crippen LogP contribution in [0.5, 0.6) is 0 Å². The Morgan fingerprint density at radius 1 is 1.06 bits per heavy atom. The minimum Gasteiger partial charge on any atom is -0.465 e. The second-order valence-electron chi connectivity index (χ2n) is 9.78. The molecule has 1 N–H and O–H groups in total. The van der Waals surface area contributed by atoms with Crippen LogP contribution in [-0.2, 0) is 15.9 Å². The van der Waals surface area contributed by atoms with Gasteiger partial charge in [0.15, 0.2) is 0 Å². The van der Waals surface area contributed by atoms with Gasteiger partial charge in [-0.2, -0.15) is 0 Å². The lowest BCUT2D eigenvalue weighted by molar-refractivity contribution is 0.0601. The first-order chi connectivity index (χ1) is 17.7. The summed E-state index contributed by atoms with van der Waals surface area (Å²) in [5, 5.41) is 3.46. The average molecular weight is 486 g/mol. The van der Waals surface area contributed by atoms with E-state index in [-0.39, 0.29) is 5.97 Å². The standard InChI is InChI=1S/C30H35N3O3/c1-35-17-16-33(25-10-8-22(9-11-25)21-6-7-21)26-12-13-27-23(18-26)4-3-5-24(27)19-32-29-20-31-15-14-28(29)30(34)36-2/h8-15,18,20-21,24,32H,3-7,16-17,19H2,1-2H3/t24-/m0/s1. The SMILES string of the molecule is COCCN(c1ccc(C2CC2)cc1)c1ccc2c(c1)CCC[C@H]2CNc1cnccc1C(=O)OC. The molecule has 6 heteroatoms. The van der Waals surface area contributed by atoms with Crippen LogP contribution >= 0.6 is 0 Å². The van der Waals surface area contributed by atoms with Crippen molar-refractivity contribution in [3.05, 3.63) is 83.2 Å². The van der Waals surface area contributed by atoms with Crippen molar-refractivity contribution in [2.75, 3.05) is 44.1 Å². The van der Waals surface area contributed by atoms with E-state index < -0.39 is 0 Å². The first-order valence-electron chi connectivity index (χ1n) is 12.9. The fourth-order valence-electron chi connectivity index (χ4n) is 5.27. The highest BCUT2D eigenvalue weighted by molar-refractivity contribution is 5.95. The summed E-state index contributed by atoms with van der Waals surface area (Å²) in [4.78, 5) is 18.7. The van der Waals surface area contributed by atoms with Gasteiger partial charge < -0.3 is 19.7 Å². The van der Waals surface area contributed by atoms with E-state index in [0.29, 0.717) is 23.8 Å². The number of anilines is 3. The number of methoxy groups -OCH3 is 2. The summed E-state index contributed by atoms with van der Waals surface area (Å²) in [7, 11) is 3.16. The highest BCUT2D eigenvalue weighted by Crippen LogP contribution is 2.41. The average Bonchev–Trinajstić information content (AvgIpc) is 3.78. The van der Waals surface area contributed by atoms with Crippen LogP contribution in [0, 0.1) is 0 Å². The third kappa shape index (κ3) is 5.39. The predicted molar refractivity (Wildman–Crippen MR) is 143 cm³/mol. The Labute approximate surface area is 213 Å². The fourth-order valence-corrected chi connectivity index (χ4v) is 5.27. The van der Waals surface area contributed by atoms with Crippen molar-refractivity contribution >= 4 is 23.0 Å². The van der Waals surface area contributed by atoms with Crippen LogP contribution in [0.3, 0.4) is 0 Å². The maximum absolute atomic E-state index is 12.1. The van der Waals surface area contributed by atoms with E-state index in [1.807, 2.05) is 0 Å². The monoisotopic (exact) mass is 485 g/mol. The van der Waals surface area contributed by atoms with Crippen LogP contribution in [0.25, 0.3) is 0 Å². The molecule has 0 unspecified atom stereocenters. The number of hydrogen-bond donors (Lipinski definition) is 1. The number of rotatable bonds is 10. The zero-order valence-electron chi connectivity index (χ0n) is 21.2. The number of ether oxygens (including phenoxy) is 2. The molecule has 2 aromatic carbocycles. The number of esters is 1.